The summed E-state index contributed by atoms with van der Waals surface area (Å²) in [5, 5.41) is 13.4. The summed E-state index contributed by atoms with van der Waals surface area (Å²) in [5.41, 5.74) is 0. The van der Waals surface area contributed by atoms with Crippen LogP contribution < -0.4 is 10.1 Å². The molecule has 0 heterocycles. The Morgan fingerprint density at radius 3 is 2.70 bits per heavy atom. The second kappa shape index (κ2) is 8.03. The molecular formula is C17H20N2O4. The van der Waals surface area contributed by atoms with Crippen LogP contribution in [-0.2, 0) is 4.79 Å². The van der Waals surface area contributed by atoms with Crippen LogP contribution in [0, 0.1) is 0 Å². The summed E-state index contributed by atoms with van der Waals surface area (Å²) in [7, 11) is 1.56. The van der Waals surface area contributed by atoms with Crippen molar-refractivity contribution in [3.8, 4) is 5.75 Å². The lowest BCUT2D eigenvalue weighted by Gasteiger charge is -2.17. The quantitative estimate of drug-likeness (QED) is 0.769. The highest BCUT2D eigenvalue weighted by Crippen LogP contribution is 2.24. The molecule has 6 heteroatoms. The van der Waals surface area contributed by atoms with E-state index >= 15 is 0 Å². The van der Waals surface area contributed by atoms with Crippen molar-refractivity contribution in [3.63, 3.8) is 0 Å². The van der Waals surface area contributed by atoms with Crippen LogP contribution in [0.2, 0.25) is 0 Å². The second-order valence-corrected chi connectivity index (χ2v) is 5.12. The smallest absolute Gasteiger partial charge is 0.317 e. The lowest BCUT2D eigenvalue weighted by molar-refractivity contribution is -0.137. The van der Waals surface area contributed by atoms with Crippen LogP contribution in [0.25, 0.3) is 10.8 Å². The predicted molar refractivity (Wildman–Crippen MR) is 87.7 cm³/mol. The summed E-state index contributed by atoms with van der Waals surface area (Å²) in [6.07, 6.45) is -0.0730. The zero-order valence-electron chi connectivity index (χ0n) is 13.0. The van der Waals surface area contributed by atoms with E-state index in [1.165, 1.54) is 4.90 Å². The molecule has 0 aliphatic carbocycles. The van der Waals surface area contributed by atoms with Gasteiger partial charge >= 0.3 is 12.0 Å². The van der Waals surface area contributed by atoms with E-state index in [4.69, 9.17) is 9.84 Å². The fourth-order valence-electron chi connectivity index (χ4n) is 2.14. The predicted octanol–water partition coefficient (Wildman–Crippen LogP) is 2.33. The monoisotopic (exact) mass is 316 g/mol. The second-order valence-electron chi connectivity index (χ2n) is 5.12. The molecule has 2 N–H and O–H groups in total. The molecule has 0 unspecified atom stereocenters. The first-order valence-electron chi connectivity index (χ1n) is 7.39. The molecule has 0 saturated heterocycles. The molecule has 0 atom stereocenters. The Labute approximate surface area is 134 Å². The number of carbonyl (C=O) groups excluding carboxylic acids is 1. The molecule has 23 heavy (non-hydrogen) atoms. The largest absolute Gasteiger partial charge is 0.491 e. The summed E-state index contributed by atoms with van der Waals surface area (Å²) in [6, 6.07) is 13.5. The minimum Gasteiger partial charge on any atom is -0.491 e. The topological polar surface area (TPSA) is 78.9 Å². The lowest BCUT2D eigenvalue weighted by Crippen LogP contribution is -2.40. The molecule has 0 bridgehead atoms. The maximum atomic E-state index is 11.7. The van der Waals surface area contributed by atoms with Gasteiger partial charge in [-0.05, 0) is 11.5 Å². The number of carbonyl (C=O) groups is 2. The molecule has 0 radical (unpaired) electrons. The highest BCUT2D eigenvalue weighted by molar-refractivity contribution is 5.88. The molecule has 0 aliphatic heterocycles. The standard InChI is InChI=1S/C17H20N2O4/c1-19(11-9-16(20)21)17(22)18-10-12-23-15-8-4-6-13-5-2-3-7-14(13)15/h2-8H,9-12H2,1H3,(H,18,22)(H,20,21). The molecule has 2 aromatic carbocycles. The van der Waals surface area contributed by atoms with E-state index in [0.717, 1.165) is 16.5 Å². The SMILES string of the molecule is CN(CCC(=O)O)C(=O)NCCOc1cccc2ccccc12. The van der Waals surface area contributed by atoms with Crippen molar-refractivity contribution in [2.45, 2.75) is 6.42 Å². The highest BCUT2D eigenvalue weighted by Gasteiger charge is 2.09. The van der Waals surface area contributed by atoms with Gasteiger partial charge in [0.2, 0.25) is 0 Å². The molecular weight excluding hydrogens is 296 g/mol. The van der Waals surface area contributed by atoms with Crippen molar-refractivity contribution < 1.29 is 19.4 Å². The number of benzene rings is 2. The van der Waals surface area contributed by atoms with Crippen molar-refractivity contribution in [1.29, 1.82) is 0 Å². The number of ether oxygens (including phenoxy) is 1. The summed E-state index contributed by atoms with van der Waals surface area (Å²) in [5.74, 6) is -0.152. The first-order valence-corrected chi connectivity index (χ1v) is 7.39. The molecule has 0 aliphatic rings. The first-order chi connectivity index (χ1) is 11.1. The lowest BCUT2D eigenvalue weighted by atomic mass is 10.1. The minimum atomic E-state index is -0.927. The van der Waals surface area contributed by atoms with E-state index in [1.807, 2.05) is 42.5 Å². The number of nitrogens with one attached hydrogen (secondary N) is 1. The number of nitrogens with zero attached hydrogens (tertiary/aromatic N) is 1. The Bertz CT molecular complexity index is 682. The van der Waals surface area contributed by atoms with E-state index in [2.05, 4.69) is 5.32 Å². The van der Waals surface area contributed by atoms with E-state index in [1.54, 1.807) is 7.05 Å². The van der Waals surface area contributed by atoms with Crippen LogP contribution in [0.5, 0.6) is 5.75 Å². The van der Waals surface area contributed by atoms with Gasteiger partial charge in [-0.15, -0.1) is 0 Å². The molecule has 0 spiro atoms. The van der Waals surface area contributed by atoms with Crippen LogP contribution in [0.15, 0.2) is 42.5 Å². The van der Waals surface area contributed by atoms with Crippen molar-refractivity contribution in [3.05, 3.63) is 42.5 Å². The van der Waals surface area contributed by atoms with Crippen molar-refractivity contribution in [2.75, 3.05) is 26.7 Å². The van der Waals surface area contributed by atoms with Crippen LogP contribution >= 0.6 is 0 Å². The number of urea groups is 1. The normalized spacial score (nSPS) is 10.3. The van der Waals surface area contributed by atoms with Gasteiger partial charge in [0.25, 0.3) is 0 Å². The number of amides is 2. The van der Waals surface area contributed by atoms with Gasteiger partial charge < -0.3 is 20.1 Å². The Hall–Kier alpha value is -2.76. The Morgan fingerprint density at radius 1 is 1.17 bits per heavy atom. The Balaban J connectivity index is 1.78. The molecule has 2 amide bonds. The minimum absolute atomic E-state index is 0.0730. The highest BCUT2D eigenvalue weighted by atomic mass is 16.5. The molecule has 0 fully saturated rings. The van der Waals surface area contributed by atoms with E-state index < -0.39 is 5.97 Å². The maximum Gasteiger partial charge on any atom is 0.317 e. The average molecular weight is 316 g/mol. The summed E-state index contributed by atoms with van der Waals surface area (Å²) < 4.78 is 5.72. The molecule has 6 nitrogen and oxygen atoms in total. The zero-order chi connectivity index (χ0) is 16.7. The van der Waals surface area contributed by atoms with Crippen LogP contribution in [-0.4, -0.2) is 48.8 Å². The van der Waals surface area contributed by atoms with E-state index in [0.29, 0.717) is 13.2 Å². The van der Waals surface area contributed by atoms with Crippen molar-refractivity contribution >= 4 is 22.8 Å². The first kappa shape index (κ1) is 16.6. The summed E-state index contributed by atoms with van der Waals surface area (Å²) in [6.45, 7) is 0.858. The number of fused-ring (bicyclic) bond motifs is 1. The third-order valence-electron chi connectivity index (χ3n) is 3.39. The van der Waals surface area contributed by atoms with Gasteiger partial charge in [-0.2, -0.15) is 0 Å². The van der Waals surface area contributed by atoms with Crippen molar-refractivity contribution in [1.82, 2.24) is 10.2 Å². The zero-order valence-corrected chi connectivity index (χ0v) is 13.0. The van der Waals surface area contributed by atoms with Crippen LogP contribution in [0.3, 0.4) is 0 Å². The average Bonchev–Trinajstić information content (AvgIpc) is 2.56. The van der Waals surface area contributed by atoms with Gasteiger partial charge in [0, 0.05) is 19.0 Å². The third kappa shape index (κ3) is 4.88. The van der Waals surface area contributed by atoms with E-state index in [-0.39, 0.29) is 19.0 Å². The van der Waals surface area contributed by atoms with Gasteiger partial charge in [0.05, 0.1) is 13.0 Å². The molecule has 122 valence electrons. The Morgan fingerprint density at radius 2 is 1.91 bits per heavy atom. The molecule has 2 rings (SSSR count). The van der Waals surface area contributed by atoms with E-state index in [9.17, 15) is 9.59 Å². The van der Waals surface area contributed by atoms with Crippen molar-refractivity contribution in [2.24, 2.45) is 0 Å². The number of hydrogen-bond donors (Lipinski definition) is 2. The van der Waals surface area contributed by atoms with Gasteiger partial charge in [-0.25, -0.2) is 4.79 Å². The fraction of sp³-hybridized carbons (Fsp3) is 0.294. The number of aliphatic carboxylic acids is 1. The van der Waals surface area contributed by atoms with Gasteiger partial charge in [-0.1, -0.05) is 36.4 Å². The molecule has 2 aromatic rings. The Kier molecular flexibility index (Phi) is 5.80. The molecule has 0 aromatic heterocycles. The molecule has 0 saturated carbocycles. The van der Waals surface area contributed by atoms with Gasteiger partial charge in [0.15, 0.2) is 0 Å². The summed E-state index contributed by atoms with van der Waals surface area (Å²) >= 11 is 0. The number of carboxylic acid groups (broad SMARTS) is 1. The number of hydrogen-bond acceptors (Lipinski definition) is 3. The van der Waals surface area contributed by atoms with Crippen LogP contribution in [0.1, 0.15) is 6.42 Å². The number of rotatable bonds is 7. The number of carboxylic acids is 1. The van der Waals surface area contributed by atoms with Gasteiger partial charge in [-0.3, -0.25) is 4.79 Å². The fourth-order valence-corrected chi connectivity index (χ4v) is 2.14. The maximum absolute atomic E-state index is 11.7. The van der Waals surface area contributed by atoms with Gasteiger partial charge in [0.1, 0.15) is 12.4 Å². The summed E-state index contributed by atoms with van der Waals surface area (Å²) in [4.78, 5) is 23.6. The third-order valence-corrected chi connectivity index (χ3v) is 3.39. The van der Waals surface area contributed by atoms with Crippen LogP contribution in [0.4, 0.5) is 4.79 Å².